The lowest BCUT2D eigenvalue weighted by atomic mass is 9.73. The van der Waals surface area contributed by atoms with E-state index in [9.17, 15) is 4.39 Å². The molecule has 1 saturated heterocycles. The molecule has 3 rings (SSSR count). The topological polar surface area (TPSA) is 44.5 Å². The van der Waals surface area contributed by atoms with Crippen LogP contribution in [0.3, 0.4) is 0 Å². The Labute approximate surface area is 144 Å². The van der Waals surface area contributed by atoms with Crippen molar-refractivity contribution in [1.82, 2.24) is 0 Å². The largest absolute Gasteiger partial charge is 0.489 e. The average Bonchev–Trinajstić information content (AvgIpc) is 2.45. The quantitative estimate of drug-likeness (QED) is 0.671. The summed E-state index contributed by atoms with van der Waals surface area (Å²) in [5.74, 6) is 0.319. The molecule has 0 amide bonds. The highest BCUT2D eigenvalue weighted by atomic mass is 19.1. The Balaban J connectivity index is 1.72. The van der Waals surface area contributed by atoms with Gasteiger partial charge in [0, 0.05) is 12.0 Å². The van der Waals surface area contributed by atoms with Crippen molar-refractivity contribution in [2.24, 2.45) is 11.1 Å². The highest BCUT2D eigenvalue weighted by Crippen LogP contribution is 2.42. The molecule has 0 aromatic heterocycles. The molecule has 2 N–H and O–H groups in total. The monoisotopic (exact) mass is 329 g/mol. The van der Waals surface area contributed by atoms with E-state index < -0.39 is 11.7 Å². The summed E-state index contributed by atoms with van der Waals surface area (Å²) in [6.45, 7) is 7.23. The average molecular weight is 329 g/mol. The van der Waals surface area contributed by atoms with Gasteiger partial charge in [-0.25, -0.2) is 4.39 Å². The first-order valence-electron chi connectivity index (χ1n) is 8.55. The summed E-state index contributed by atoms with van der Waals surface area (Å²) in [4.78, 5) is 0. The minimum absolute atomic E-state index is 0.154. The van der Waals surface area contributed by atoms with Gasteiger partial charge < -0.3 is 15.2 Å². The van der Waals surface area contributed by atoms with E-state index in [1.807, 2.05) is 0 Å². The van der Waals surface area contributed by atoms with Crippen molar-refractivity contribution >= 4 is 7.85 Å². The molecule has 1 aliphatic heterocycles. The fourth-order valence-electron chi connectivity index (χ4n) is 3.73. The Hall–Kier alpha value is -1.33. The Bertz CT molecular complexity index is 661. The molecule has 0 spiro atoms. The van der Waals surface area contributed by atoms with Gasteiger partial charge in [-0.05, 0) is 55.4 Å². The normalized spacial score (nSPS) is 29.3. The van der Waals surface area contributed by atoms with Crippen LogP contribution in [0.15, 0.2) is 29.3 Å². The first-order valence-corrected chi connectivity index (χ1v) is 8.55. The van der Waals surface area contributed by atoms with Crippen molar-refractivity contribution in [1.29, 1.82) is 0 Å². The third-order valence-electron chi connectivity index (χ3n) is 5.25. The summed E-state index contributed by atoms with van der Waals surface area (Å²) in [6.07, 6.45) is 3.51. The van der Waals surface area contributed by atoms with E-state index in [1.165, 1.54) is 30.1 Å². The van der Waals surface area contributed by atoms with Crippen LogP contribution in [-0.4, -0.2) is 20.1 Å². The minimum Gasteiger partial charge on any atom is -0.489 e. The van der Waals surface area contributed by atoms with Crippen molar-refractivity contribution in [2.45, 2.75) is 58.2 Å². The SMILES string of the molecule is [B]C1(N)CC(c2cc(OCC3=C(C)CCCC3(C)C)ccc2F)O1. The van der Waals surface area contributed by atoms with Crippen LogP contribution >= 0.6 is 0 Å². The molecule has 2 aliphatic rings. The molecule has 0 bridgehead atoms. The van der Waals surface area contributed by atoms with E-state index in [-0.39, 0.29) is 11.2 Å². The van der Waals surface area contributed by atoms with Gasteiger partial charge in [-0.2, -0.15) is 0 Å². The molecule has 128 valence electrons. The number of benzene rings is 1. The second kappa shape index (κ2) is 6.19. The van der Waals surface area contributed by atoms with Crippen molar-refractivity contribution in [3.63, 3.8) is 0 Å². The van der Waals surface area contributed by atoms with Gasteiger partial charge >= 0.3 is 0 Å². The van der Waals surface area contributed by atoms with Crippen LogP contribution in [0.1, 0.15) is 58.1 Å². The van der Waals surface area contributed by atoms with Crippen LogP contribution in [-0.2, 0) is 4.74 Å². The zero-order chi connectivity index (χ0) is 17.5. The van der Waals surface area contributed by atoms with Gasteiger partial charge in [0.1, 0.15) is 26.0 Å². The smallest absolute Gasteiger partial charge is 0.135 e. The Morgan fingerprint density at radius 1 is 1.42 bits per heavy atom. The summed E-state index contributed by atoms with van der Waals surface area (Å²) >= 11 is 0. The first-order chi connectivity index (χ1) is 11.2. The van der Waals surface area contributed by atoms with Gasteiger partial charge in [0.05, 0.1) is 11.7 Å². The van der Waals surface area contributed by atoms with E-state index in [4.69, 9.17) is 23.1 Å². The lowest BCUT2D eigenvalue weighted by molar-refractivity contribution is -0.155. The maximum atomic E-state index is 14.0. The fourth-order valence-corrected chi connectivity index (χ4v) is 3.73. The third-order valence-corrected chi connectivity index (χ3v) is 5.25. The van der Waals surface area contributed by atoms with Crippen LogP contribution < -0.4 is 10.5 Å². The first kappa shape index (κ1) is 17.5. The van der Waals surface area contributed by atoms with Gasteiger partial charge in [0.15, 0.2) is 0 Å². The number of allylic oxidation sites excluding steroid dienone is 1. The number of ether oxygens (including phenoxy) is 2. The van der Waals surface area contributed by atoms with Gasteiger partial charge in [-0.1, -0.05) is 19.4 Å². The van der Waals surface area contributed by atoms with Crippen molar-refractivity contribution in [3.05, 3.63) is 40.7 Å². The lowest BCUT2D eigenvalue weighted by Crippen LogP contribution is -2.54. The second-order valence-electron chi connectivity index (χ2n) is 7.73. The molecule has 1 heterocycles. The molecule has 0 saturated carbocycles. The highest BCUT2D eigenvalue weighted by Gasteiger charge is 2.39. The second-order valence-corrected chi connectivity index (χ2v) is 7.73. The van der Waals surface area contributed by atoms with Crippen LogP contribution in [0.25, 0.3) is 0 Å². The van der Waals surface area contributed by atoms with E-state index in [0.717, 1.165) is 6.42 Å². The van der Waals surface area contributed by atoms with Crippen LogP contribution in [0.4, 0.5) is 4.39 Å². The molecule has 2 atom stereocenters. The Morgan fingerprint density at radius 2 is 2.12 bits per heavy atom. The summed E-state index contributed by atoms with van der Waals surface area (Å²) in [7, 11) is 5.63. The summed E-state index contributed by atoms with van der Waals surface area (Å²) < 4.78 is 25.4. The summed E-state index contributed by atoms with van der Waals surface area (Å²) in [5, 5.41) is 0. The zero-order valence-electron chi connectivity index (χ0n) is 14.7. The van der Waals surface area contributed by atoms with Crippen LogP contribution in [0.2, 0.25) is 0 Å². The molecule has 1 aliphatic carbocycles. The summed E-state index contributed by atoms with van der Waals surface area (Å²) in [5.41, 5.74) is 7.85. The molecular weight excluding hydrogens is 304 g/mol. The number of nitrogens with two attached hydrogens (primary N) is 1. The van der Waals surface area contributed by atoms with Gasteiger partial charge in [0.25, 0.3) is 0 Å². The highest BCUT2D eigenvalue weighted by molar-refractivity contribution is 6.14. The number of hydrogen-bond donors (Lipinski definition) is 1. The Kier molecular flexibility index (Phi) is 4.52. The molecule has 1 aromatic carbocycles. The molecule has 5 heteroatoms. The summed E-state index contributed by atoms with van der Waals surface area (Å²) in [6, 6.07) is 4.76. The van der Waals surface area contributed by atoms with Gasteiger partial charge in [-0.3, -0.25) is 0 Å². The molecule has 1 fully saturated rings. The fraction of sp³-hybridized carbons (Fsp3) is 0.579. The van der Waals surface area contributed by atoms with Gasteiger partial charge in [0.2, 0.25) is 0 Å². The number of hydrogen-bond acceptors (Lipinski definition) is 3. The molecular formula is C19H25BFNO2. The molecule has 24 heavy (non-hydrogen) atoms. The maximum Gasteiger partial charge on any atom is 0.135 e. The van der Waals surface area contributed by atoms with Crippen molar-refractivity contribution < 1.29 is 13.9 Å². The number of rotatable bonds is 4. The van der Waals surface area contributed by atoms with E-state index >= 15 is 0 Å². The number of halogens is 1. The van der Waals surface area contributed by atoms with Gasteiger partial charge in [-0.15, -0.1) is 0 Å². The van der Waals surface area contributed by atoms with Crippen LogP contribution in [0.5, 0.6) is 5.75 Å². The predicted octanol–water partition coefficient (Wildman–Crippen LogP) is 3.97. The minimum atomic E-state index is -1.15. The van der Waals surface area contributed by atoms with E-state index in [2.05, 4.69) is 20.8 Å². The molecule has 1 aromatic rings. The molecule has 3 nitrogen and oxygen atoms in total. The Morgan fingerprint density at radius 3 is 2.75 bits per heavy atom. The van der Waals surface area contributed by atoms with Crippen molar-refractivity contribution in [3.8, 4) is 5.75 Å². The predicted molar refractivity (Wildman–Crippen MR) is 93.3 cm³/mol. The van der Waals surface area contributed by atoms with Crippen LogP contribution in [0, 0.1) is 11.2 Å². The third kappa shape index (κ3) is 3.52. The van der Waals surface area contributed by atoms with Crippen molar-refractivity contribution in [2.75, 3.05) is 6.61 Å². The van der Waals surface area contributed by atoms with E-state index in [0.29, 0.717) is 24.3 Å². The lowest BCUT2D eigenvalue weighted by Gasteiger charge is -2.43. The van der Waals surface area contributed by atoms with E-state index in [1.54, 1.807) is 12.1 Å². The molecule has 2 unspecified atom stereocenters. The zero-order valence-corrected chi connectivity index (χ0v) is 14.7. The standard InChI is InChI=1S/C19H25BFNO2/c1-12-5-4-8-18(2,3)15(12)11-23-13-6-7-16(21)14(9-13)17-10-19(20,22)24-17/h6-7,9,17H,4-5,8,10-11,22H2,1-3H3. The maximum absolute atomic E-state index is 14.0. The molecule has 2 radical (unpaired) electrons.